The van der Waals surface area contributed by atoms with Gasteiger partial charge in [0.1, 0.15) is 5.56 Å². The van der Waals surface area contributed by atoms with Crippen LogP contribution in [0.25, 0.3) is 0 Å². The molecule has 0 amide bonds. The Morgan fingerprint density at radius 3 is 2.56 bits per heavy atom. The van der Waals surface area contributed by atoms with E-state index in [1.165, 1.54) is 7.11 Å². The molecule has 1 aromatic heterocycles. The molecule has 5 nitrogen and oxygen atoms in total. The molecule has 0 fully saturated rings. The smallest absolute Gasteiger partial charge is 0.341 e. The maximum atomic E-state index is 12.5. The Bertz CT molecular complexity index is 409. The van der Waals surface area contributed by atoms with Crippen molar-refractivity contribution in [3.63, 3.8) is 0 Å². The van der Waals surface area contributed by atoms with Crippen LogP contribution in [0.4, 0.5) is 8.78 Å². The summed E-state index contributed by atoms with van der Waals surface area (Å²) >= 11 is 0. The molecule has 1 N–H and O–H groups in total. The number of carbonyl (C=O) groups is 1. The van der Waals surface area contributed by atoms with Gasteiger partial charge in [0, 0.05) is 6.07 Å². The van der Waals surface area contributed by atoms with E-state index in [2.05, 4.69) is 14.5 Å². The van der Waals surface area contributed by atoms with Crippen molar-refractivity contribution in [1.82, 2.24) is 4.98 Å². The number of pyridine rings is 1. The fourth-order valence-electron chi connectivity index (χ4n) is 1.06. The van der Waals surface area contributed by atoms with Crippen molar-refractivity contribution in [1.29, 1.82) is 0 Å². The van der Waals surface area contributed by atoms with Crippen LogP contribution in [0, 0.1) is 0 Å². The number of methoxy groups -OCH3 is 2. The molecule has 0 radical (unpaired) electrons. The SMILES string of the molecule is COC(=O)c1cc(OC)nc(C(F)F)c1O. The molecule has 0 unspecified atom stereocenters. The van der Waals surface area contributed by atoms with Gasteiger partial charge in [-0.2, -0.15) is 0 Å². The van der Waals surface area contributed by atoms with Crippen LogP contribution in [0.5, 0.6) is 11.6 Å². The fourth-order valence-corrected chi connectivity index (χ4v) is 1.06. The molecular formula is C9H9F2NO4. The highest BCUT2D eigenvalue weighted by Crippen LogP contribution is 2.32. The lowest BCUT2D eigenvalue weighted by atomic mass is 10.2. The van der Waals surface area contributed by atoms with Crippen LogP contribution in [0.2, 0.25) is 0 Å². The van der Waals surface area contributed by atoms with Crippen LogP contribution in [0.3, 0.4) is 0 Å². The molecule has 7 heteroatoms. The van der Waals surface area contributed by atoms with Gasteiger partial charge in [0.2, 0.25) is 5.88 Å². The van der Waals surface area contributed by atoms with Gasteiger partial charge >= 0.3 is 5.97 Å². The van der Waals surface area contributed by atoms with E-state index in [0.717, 1.165) is 13.2 Å². The van der Waals surface area contributed by atoms with E-state index in [9.17, 15) is 18.7 Å². The minimum Gasteiger partial charge on any atom is -0.505 e. The molecule has 0 bridgehead atoms. The average Bonchev–Trinajstić information content (AvgIpc) is 2.28. The number of aromatic nitrogens is 1. The van der Waals surface area contributed by atoms with Gasteiger partial charge in [-0.3, -0.25) is 0 Å². The normalized spacial score (nSPS) is 10.3. The summed E-state index contributed by atoms with van der Waals surface area (Å²) in [6.45, 7) is 0. The van der Waals surface area contributed by atoms with Crippen LogP contribution in [0.15, 0.2) is 6.07 Å². The molecule has 0 saturated heterocycles. The fraction of sp³-hybridized carbons (Fsp3) is 0.333. The molecule has 0 aliphatic rings. The number of esters is 1. The summed E-state index contributed by atoms with van der Waals surface area (Å²) in [5, 5.41) is 9.38. The predicted molar refractivity (Wildman–Crippen MR) is 48.8 cm³/mol. The molecule has 0 atom stereocenters. The van der Waals surface area contributed by atoms with E-state index >= 15 is 0 Å². The Hall–Kier alpha value is -1.92. The lowest BCUT2D eigenvalue weighted by Crippen LogP contribution is -2.06. The van der Waals surface area contributed by atoms with Crippen LogP contribution in [-0.4, -0.2) is 30.3 Å². The molecule has 1 rings (SSSR count). The monoisotopic (exact) mass is 233 g/mol. The minimum absolute atomic E-state index is 0.200. The van der Waals surface area contributed by atoms with Crippen molar-refractivity contribution >= 4 is 5.97 Å². The number of nitrogens with zero attached hydrogens (tertiary/aromatic N) is 1. The standard InChI is InChI=1S/C9H9F2NO4/c1-15-5-3-4(9(14)16-2)7(13)6(12-5)8(10)11/h3,8,13H,1-2H3. The second kappa shape index (κ2) is 4.73. The first-order valence-electron chi connectivity index (χ1n) is 4.15. The Morgan fingerprint density at radius 2 is 2.12 bits per heavy atom. The molecule has 1 aromatic rings. The van der Waals surface area contributed by atoms with Gasteiger partial charge in [0.05, 0.1) is 14.2 Å². The summed E-state index contributed by atoms with van der Waals surface area (Å²) in [5.74, 6) is -2.05. The number of carbonyl (C=O) groups excluding carboxylic acids is 1. The molecule has 0 aliphatic heterocycles. The van der Waals surface area contributed by atoms with Crippen LogP contribution < -0.4 is 4.74 Å². The van der Waals surface area contributed by atoms with E-state index in [4.69, 9.17) is 0 Å². The summed E-state index contributed by atoms with van der Waals surface area (Å²) in [5.41, 5.74) is -1.33. The van der Waals surface area contributed by atoms with Gasteiger partial charge in [-0.05, 0) is 0 Å². The largest absolute Gasteiger partial charge is 0.505 e. The Labute approximate surface area is 89.6 Å². The highest BCUT2D eigenvalue weighted by Gasteiger charge is 2.23. The summed E-state index contributed by atoms with van der Waals surface area (Å²) in [7, 11) is 2.27. The molecule has 0 saturated carbocycles. The third kappa shape index (κ3) is 2.18. The summed E-state index contributed by atoms with van der Waals surface area (Å²) in [6.07, 6.45) is -3.02. The number of hydrogen-bond acceptors (Lipinski definition) is 5. The van der Waals surface area contributed by atoms with E-state index < -0.39 is 29.4 Å². The molecular weight excluding hydrogens is 224 g/mol. The Balaban J connectivity index is 3.37. The first kappa shape index (κ1) is 12.2. The molecule has 0 spiro atoms. The van der Waals surface area contributed by atoms with Gasteiger partial charge < -0.3 is 14.6 Å². The second-order valence-corrected chi connectivity index (χ2v) is 2.74. The van der Waals surface area contributed by atoms with E-state index in [0.29, 0.717) is 0 Å². The highest BCUT2D eigenvalue weighted by molar-refractivity contribution is 5.93. The lowest BCUT2D eigenvalue weighted by molar-refractivity contribution is 0.0595. The van der Waals surface area contributed by atoms with Crippen molar-refractivity contribution in [3.05, 3.63) is 17.3 Å². The number of alkyl halides is 2. The highest BCUT2D eigenvalue weighted by atomic mass is 19.3. The lowest BCUT2D eigenvalue weighted by Gasteiger charge is -2.09. The molecule has 1 heterocycles. The average molecular weight is 233 g/mol. The quantitative estimate of drug-likeness (QED) is 0.801. The zero-order valence-electron chi connectivity index (χ0n) is 8.53. The van der Waals surface area contributed by atoms with Crippen molar-refractivity contribution in [2.45, 2.75) is 6.43 Å². The number of aromatic hydroxyl groups is 1. The van der Waals surface area contributed by atoms with Crippen molar-refractivity contribution < 1.29 is 28.2 Å². The third-order valence-corrected chi connectivity index (χ3v) is 1.82. The van der Waals surface area contributed by atoms with E-state index in [1.54, 1.807) is 0 Å². The summed E-state index contributed by atoms with van der Waals surface area (Å²) in [4.78, 5) is 14.5. The van der Waals surface area contributed by atoms with Crippen LogP contribution >= 0.6 is 0 Å². The van der Waals surface area contributed by atoms with Gasteiger partial charge in [0.25, 0.3) is 6.43 Å². The van der Waals surface area contributed by atoms with E-state index in [-0.39, 0.29) is 5.88 Å². The van der Waals surface area contributed by atoms with Gasteiger partial charge in [-0.1, -0.05) is 0 Å². The maximum absolute atomic E-state index is 12.5. The van der Waals surface area contributed by atoms with Gasteiger partial charge in [0.15, 0.2) is 11.4 Å². The van der Waals surface area contributed by atoms with E-state index in [1.807, 2.05) is 0 Å². The predicted octanol–water partition coefficient (Wildman–Crippen LogP) is 1.52. The first-order chi connectivity index (χ1) is 7.51. The molecule has 0 aliphatic carbocycles. The minimum atomic E-state index is -3.02. The second-order valence-electron chi connectivity index (χ2n) is 2.74. The first-order valence-corrected chi connectivity index (χ1v) is 4.15. The van der Waals surface area contributed by atoms with Crippen molar-refractivity contribution in [2.75, 3.05) is 14.2 Å². The number of halogens is 2. The zero-order chi connectivity index (χ0) is 12.3. The Morgan fingerprint density at radius 1 is 1.50 bits per heavy atom. The van der Waals surface area contributed by atoms with Gasteiger partial charge in [-0.15, -0.1) is 0 Å². The molecule has 88 valence electrons. The number of rotatable bonds is 3. The summed E-state index contributed by atoms with van der Waals surface area (Å²) in [6, 6.07) is 1.02. The third-order valence-electron chi connectivity index (χ3n) is 1.82. The van der Waals surface area contributed by atoms with Crippen LogP contribution in [-0.2, 0) is 4.74 Å². The number of ether oxygens (including phenoxy) is 2. The van der Waals surface area contributed by atoms with Crippen molar-refractivity contribution in [3.8, 4) is 11.6 Å². The summed E-state index contributed by atoms with van der Waals surface area (Å²) < 4.78 is 33.9. The topological polar surface area (TPSA) is 68.7 Å². The maximum Gasteiger partial charge on any atom is 0.341 e. The van der Waals surface area contributed by atoms with Gasteiger partial charge in [-0.25, -0.2) is 18.6 Å². The Kier molecular flexibility index (Phi) is 3.60. The molecule has 0 aromatic carbocycles. The number of hydrogen-bond donors (Lipinski definition) is 1. The van der Waals surface area contributed by atoms with Crippen molar-refractivity contribution in [2.24, 2.45) is 0 Å². The van der Waals surface area contributed by atoms with Crippen LogP contribution in [0.1, 0.15) is 22.5 Å². The zero-order valence-corrected chi connectivity index (χ0v) is 8.53. The molecule has 16 heavy (non-hydrogen) atoms.